The van der Waals surface area contributed by atoms with Gasteiger partial charge < -0.3 is 10.4 Å². The van der Waals surface area contributed by atoms with Crippen LogP contribution in [0.2, 0.25) is 0 Å². The zero-order chi connectivity index (χ0) is 18.2. The Morgan fingerprint density at radius 3 is 2.48 bits per heavy atom. The minimum absolute atomic E-state index is 0.0296. The predicted octanol–water partition coefficient (Wildman–Crippen LogP) is 3.73. The number of hydrogen-bond acceptors (Lipinski definition) is 2. The highest BCUT2D eigenvalue weighted by Gasteiger charge is 2.20. The van der Waals surface area contributed by atoms with Crippen LogP contribution in [0.1, 0.15) is 36.9 Å². The third-order valence-electron chi connectivity index (χ3n) is 4.04. The molecule has 0 bridgehead atoms. The van der Waals surface area contributed by atoms with E-state index in [-0.39, 0.29) is 30.1 Å². The summed E-state index contributed by atoms with van der Waals surface area (Å²) < 4.78 is 13.3. The van der Waals surface area contributed by atoms with E-state index in [1.54, 1.807) is 19.1 Å². The van der Waals surface area contributed by atoms with Crippen molar-refractivity contribution in [3.8, 4) is 0 Å². The maximum Gasteiger partial charge on any atom is 0.303 e. The van der Waals surface area contributed by atoms with Crippen molar-refractivity contribution in [2.75, 3.05) is 0 Å². The maximum atomic E-state index is 13.3. The van der Waals surface area contributed by atoms with E-state index in [4.69, 9.17) is 5.11 Å². The van der Waals surface area contributed by atoms with Crippen LogP contribution in [0, 0.1) is 11.7 Å². The highest BCUT2D eigenvalue weighted by Crippen LogP contribution is 2.20. The van der Waals surface area contributed by atoms with E-state index in [9.17, 15) is 14.0 Å². The number of hydrogen-bond donors (Lipinski definition) is 2. The van der Waals surface area contributed by atoms with Crippen molar-refractivity contribution in [1.82, 2.24) is 5.32 Å². The Morgan fingerprint density at radius 1 is 1.12 bits per heavy atom. The van der Waals surface area contributed by atoms with Gasteiger partial charge in [0.25, 0.3) is 0 Å². The van der Waals surface area contributed by atoms with Crippen LogP contribution in [0.3, 0.4) is 0 Å². The molecule has 1 amide bonds. The lowest BCUT2D eigenvalue weighted by Crippen LogP contribution is -2.34. The molecular weight excluding hydrogens is 321 g/mol. The van der Waals surface area contributed by atoms with Gasteiger partial charge in [-0.25, -0.2) is 4.39 Å². The molecule has 0 fully saturated rings. The highest BCUT2D eigenvalue weighted by molar-refractivity contribution is 5.79. The first-order chi connectivity index (χ1) is 12.0. The first-order valence-corrected chi connectivity index (χ1v) is 8.27. The molecule has 0 aliphatic carbocycles. The van der Waals surface area contributed by atoms with Crippen LogP contribution in [0.4, 0.5) is 4.39 Å². The van der Waals surface area contributed by atoms with Gasteiger partial charge in [0.1, 0.15) is 5.82 Å². The van der Waals surface area contributed by atoms with Crippen LogP contribution in [0.5, 0.6) is 0 Å². The fraction of sp³-hybridized carbons (Fsp3) is 0.300. The normalized spacial score (nSPS) is 13.0. The minimum Gasteiger partial charge on any atom is -0.481 e. The number of aliphatic carboxylic acids is 1. The van der Waals surface area contributed by atoms with Crippen LogP contribution in [0.25, 0.3) is 0 Å². The number of halogens is 1. The number of carboxylic acid groups (broad SMARTS) is 1. The molecule has 2 rings (SSSR count). The number of amides is 1. The minimum atomic E-state index is -0.900. The van der Waals surface area contributed by atoms with Crippen molar-refractivity contribution in [1.29, 1.82) is 0 Å². The van der Waals surface area contributed by atoms with Gasteiger partial charge in [-0.3, -0.25) is 9.59 Å². The first-order valence-electron chi connectivity index (χ1n) is 8.27. The quantitative estimate of drug-likeness (QED) is 0.767. The molecule has 0 heterocycles. The van der Waals surface area contributed by atoms with E-state index < -0.39 is 5.97 Å². The van der Waals surface area contributed by atoms with Gasteiger partial charge in [0, 0.05) is 12.3 Å². The average molecular weight is 343 g/mol. The predicted molar refractivity (Wildman–Crippen MR) is 93.5 cm³/mol. The standard InChI is InChI=1S/C20H22FNO3/c1-14(12-15-6-5-9-17(21)13-15)20(25)22-18(10-11-19(23)24)16-7-3-2-4-8-16/h2-9,13-14,18H,10-12H2,1H3,(H,22,25)(H,23,24). The molecule has 5 heteroatoms. The Labute approximate surface area is 146 Å². The second kappa shape index (κ2) is 8.97. The molecule has 2 unspecified atom stereocenters. The Balaban J connectivity index is 2.03. The maximum absolute atomic E-state index is 13.3. The van der Waals surface area contributed by atoms with E-state index in [0.717, 1.165) is 11.1 Å². The topological polar surface area (TPSA) is 66.4 Å². The zero-order valence-electron chi connectivity index (χ0n) is 14.1. The molecule has 0 radical (unpaired) electrons. The van der Waals surface area contributed by atoms with Crippen LogP contribution >= 0.6 is 0 Å². The lowest BCUT2D eigenvalue weighted by molar-refractivity contribution is -0.137. The van der Waals surface area contributed by atoms with Gasteiger partial charge in [-0.1, -0.05) is 49.4 Å². The van der Waals surface area contributed by atoms with E-state index >= 15 is 0 Å². The second-order valence-corrected chi connectivity index (χ2v) is 6.14. The van der Waals surface area contributed by atoms with Crippen molar-refractivity contribution in [3.05, 3.63) is 71.5 Å². The van der Waals surface area contributed by atoms with Gasteiger partial charge in [0.2, 0.25) is 5.91 Å². The molecule has 0 aliphatic rings. The summed E-state index contributed by atoms with van der Waals surface area (Å²) in [5.74, 6) is -1.75. The van der Waals surface area contributed by atoms with E-state index in [0.29, 0.717) is 12.8 Å². The third-order valence-corrected chi connectivity index (χ3v) is 4.04. The van der Waals surface area contributed by atoms with Crippen molar-refractivity contribution in [3.63, 3.8) is 0 Å². The Morgan fingerprint density at radius 2 is 1.84 bits per heavy atom. The summed E-state index contributed by atoms with van der Waals surface area (Å²) in [6.45, 7) is 1.78. The molecule has 0 spiro atoms. The second-order valence-electron chi connectivity index (χ2n) is 6.14. The van der Waals surface area contributed by atoms with E-state index in [2.05, 4.69) is 5.32 Å². The monoisotopic (exact) mass is 343 g/mol. The van der Waals surface area contributed by atoms with Crippen LogP contribution < -0.4 is 5.32 Å². The fourth-order valence-corrected chi connectivity index (χ4v) is 2.70. The molecule has 2 atom stereocenters. The number of rotatable bonds is 8. The molecule has 2 aromatic carbocycles. The van der Waals surface area contributed by atoms with Crippen LogP contribution in [-0.4, -0.2) is 17.0 Å². The third kappa shape index (κ3) is 6.03. The lowest BCUT2D eigenvalue weighted by atomic mass is 9.97. The van der Waals surface area contributed by atoms with Crippen LogP contribution in [-0.2, 0) is 16.0 Å². The summed E-state index contributed by atoms with van der Waals surface area (Å²) in [5.41, 5.74) is 1.62. The Bertz CT molecular complexity index is 718. The molecule has 2 aromatic rings. The van der Waals surface area contributed by atoms with E-state index in [1.807, 2.05) is 30.3 Å². The molecular formula is C20H22FNO3. The Hall–Kier alpha value is -2.69. The molecule has 4 nitrogen and oxygen atoms in total. The zero-order valence-corrected chi connectivity index (χ0v) is 14.1. The molecule has 0 saturated heterocycles. The van der Waals surface area contributed by atoms with Crippen LogP contribution in [0.15, 0.2) is 54.6 Å². The van der Waals surface area contributed by atoms with Crippen molar-refractivity contribution in [2.45, 2.75) is 32.2 Å². The van der Waals surface area contributed by atoms with E-state index in [1.165, 1.54) is 12.1 Å². The van der Waals surface area contributed by atoms with Crippen molar-refractivity contribution >= 4 is 11.9 Å². The highest BCUT2D eigenvalue weighted by atomic mass is 19.1. The van der Waals surface area contributed by atoms with Gasteiger partial charge in [0.15, 0.2) is 0 Å². The fourth-order valence-electron chi connectivity index (χ4n) is 2.70. The largest absolute Gasteiger partial charge is 0.481 e. The van der Waals surface area contributed by atoms with Gasteiger partial charge in [-0.15, -0.1) is 0 Å². The number of benzene rings is 2. The van der Waals surface area contributed by atoms with Crippen molar-refractivity contribution < 1.29 is 19.1 Å². The van der Waals surface area contributed by atoms with Gasteiger partial charge in [-0.05, 0) is 36.1 Å². The lowest BCUT2D eigenvalue weighted by Gasteiger charge is -2.21. The summed E-state index contributed by atoms with van der Waals surface area (Å²) in [6, 6.07) is 15.1. The summed E-state index contributed by atoms with van der Waals surface area (Å²) >= 11 is 0. The van der Waals surface area contributed by atoms with Gasteiger partial charge in [0.05, 0.1) is 6.04 Å². The summed E-state index contributed by atoms with van der Waals surface area (Å²) in [6.07, 6.45) is 0.708. The summed E-state index contributed by atoms with van der Waals surface area (Å²) in [5, 5.41) is 11.9. The molecule has 0 saturated carbocycles. The van der Waals surface area contributed by atoms with Gasteiger partial charge in [-0.2, -0.15) is 0 Å². The summed E-state index contributed by atoms with van der Waals surface area (Å²) in [7, 11) is 0. The molecule has 0 aromatic heterocycles. The number of carbonyl (C=O) groups excluding carboxylic acids is 1. The van der Waals surface area contributed by atoms with Gasteiger partial charge >= 0.3 is 5.97 Å². The van der Waals surface area contributed by atoms with Crippen molar-refractivity contribution in [2.24, 2.45) is 5.92 Å². The number of carbonyl (C=O) groups is 2. The number of nitrogens with one attached hydrogen (secondary N) is 1. The summed E-state index contributed by atoms with van der Waals surface area (Å²) in [4.78, 5) is 23.4. The SMILES string of the molecule is CC(Cc1cccc(F)c1)C(=O)NC(CCC(=O)O)c1ccccc1. The Kier molecular flexibility index (Phi) is 6.69. The smallest absolute Gasteiger partial charge is 0.303 e. The number of carboxylic acids is 1. The molecule has 25 heavy (non-hydrogen) atoms. The average Bonchev–Trinajstić information content (AvgIpc) is 2.59. The first kappa shape index (κ1) is 18.6. The molecule has 0 aliphatic heterocycles. The molecule has 132 valence electrons. The molecule has 2 N–H and O–H groups in total.